The highest BCUT2D eigenvalue weighted by Crippen LogP contribution is 2.32. The zero-order valence-corrected chi connectivity index (χ0v) is 23.0. The van der Waals surface area contributed by atoms with E-state index in [9.17, 15) is 13.6 Å². The number of ether oxygens (including phenoxy) is 1. The monoisotopic (exact) mass is 573 g/mol. The number of halogens is 2. The van der Waals surface area contributed by atoms with Gasteiger partial charge in [-0.05, 0) is 48.9 Å². The number of hydrogen-bond donors (Lipinski definition) is 2. The summed E-state index contributed by atoms with van der Waals surface area (Å²) in [5.41, 5.74) is 4.23. The molecule has 0 aliphatic carbocycles. The second-order valence-corrected chi connectivity index (χ2v) is 9.96. The first-order valence-corrected chi connectivity index (χ1v) is 13.4. The van der Waals surface area contributed by atoms with E-state index in [1.54, 1.807) is 23.1 Å². The van der Waals surface area contributed by atoms with Crippen molar-refractivity contribution in [3.63, 3.8) is 0 Å². The number of methoxy groups -OCH3 is 1. The van der Waals surface area contributed by atoms with E-state index >= 15 is 0 Å². The van der Waals surface area contributed by atoms with Crippen LogP contribution < -0.4 is 10.6 Å². The fourth-order valence-corrected chi connectivity index (χ4v) is 5.08. The van der Waals surface area contributed by atoms with Crippen LogP contribution in [0.4, 0.5) is 19.4 Å². The predicted octanol–water partition coefficient (Wildman–Crippen LogP) is 4.90. The van der Waals surface area contributed by atoms with E-state index in [0.717, 1.165) is 34.6 Å². The molecule has 2 amide bonds. The van der Waals surface area contributed by atoms with Gasteiger partial charge in [0.25, 0.3) is 0 Å². The van der Waals surface area contributed by atoms with Crippen LogP contribution in [0.2, 0.25) is 0 Å². The number of urea groups is 1. The molecule has 216 valence electrons. The van der Waals surface area contributed by atoms with Crippen molar-refractivity contribution in [3.8, 4) is 16.9 Å². The van der Waals surface area contributed by atoms with Crippen LogP contribution in [0.25, 0.3) is 22.6 Å². The molecule has 2 aromatic carbocycles. The summed E-state index contributed by atoms with van der Waals surface area (Å²) in [4.78, 5) is 23.9. The average Bonchev–Trinajstić information content (AvgIpc) is 3.71. The molecule has 0 saturated carbocycles. The molecule has 1 aliphatic heterocycles. The van der Waals surface area contributed by atoms with E-state index in [2.05, 4.69) is 15.6 Å². The van der Waals surface area contributed by atoms with Crippen LogP contribution in [0.1, 0.15) is 17.2 Å². The molecule has 0 unspecified atom stereocenters. The Bertz CT molecular complexity index is 1720. The van der Waals surface area contributed by atoms with Gasteiger partial charge in [0.1, 0.15) is 17.6 Å². The molecule has 10 nitrogen and oxygen atoms in total. The van der Waals surface area contributed by atoms with Crippen molar-refractivity contribution in [1.29, 1.82) is 0 Å². The summed E-state index contributed by atoms with van der Waals surface area (Å²) in [7, 11) is 1.58. The molecule has 1 saturated heterocycles. The third-order valence-electron chi connectivity index (χ3n) is 7.19. The highest BCUT2D eigenvalue weighted by molar-refractivity contribution is 5.91. The summed E-state index contributed by atoms with van der Waals surface area (Å²) in [5, 5.41) is 12.4. The smallest absolute Gasteiger partial charge is 0.320 e. The number of carbonyl (C=O) groups is 1. The molecule has 2 atom stereocenters. The first kappa shape index (κ1) is 27.5. The Morgan fingerprint density at radius 1 is 1.10 bits per heavy atom. The number of hydrogen-bond acceptors (Lipinski definition) is 6. The minimum Gasteiger partial charge on any atom is -0.383 e. The van der Waals surface area contributed by atoms with Gasteiger partial charge < -0.3 is 14.5 Å². The molecule has 1 fully saturated rings. The van der Waals surface area contributed by atoms with Crippen LogP contribution in [-0.4, -0.2) is 63.1 Å². The molecule has 0 bridgehead atoms. The van der Waals surface area contributed by atoms with Crippen LogP contribution in [0.15, 0.2) is 79.3 Å². The Morgan fingerprint density at radius 2 is 1.93 bits per heavy atom. The fraction of sp³-hybridized carbons (Fsp3) is 0.233. The molecule has 42 heavy (non-hydrogen) atoms. The summed E-state index contributed by atoms with van der Waals surface area (Å²) in [6.45, 7) is 3.03. The van der Waals surface area contributed by atoms with Crippen molar-refractivity contribution in [2.45, 2.75) is 19.1 Å². The number of carbonyl (C=O) groups excluding carboxylic acids is 1. The van der Waals surface area contributed by atoms with Crippen molar-refractivity contribution >= 4 is 17.5 Å². The summed E-state index contributed by atoms with van der Waals surface area (Å²) < 4.78 is 36.5. The van der Waals surface area contributed by atoms with E-state index in [1.165, 1.54) is 6.07 Å². The summed E-state index contributed by atoms with van der Waals surface area (Å²) in [6, 6.07) is 15.9. The lowest BCUT2D eigenvalue weighted by Crippen LogP contribution is -2.42. The molecular formula is C30H29F2N7O3. The quantitative estimate of drug-likeness (QED) is 0.274. The van der Waals surface area contributed by atoms with Gasteiger partial charge in [-0.2, -0.15) is 10.2 Å². The van der Waals surface area contributed by atoms with Crippen molar-refractivity contribution < 1.29 is 23.1 Å². The van der Waals surface area contributed by atoms with Gasteiger partial charge in [-0.25, -0.2) is 23.2 Å². The minimum atomic E-state index is -0.988. The second-order valence-electron chi connectivity index (χ2n) is 9.96. The van der Waals surface area contributed by atoms with E-state index in [-0.39, 0.29) is 0 Å². The number of nitrogens with one attached hydrogen (secondary N) is 2. The highest BCUT2D eigenvalue weighted by Gasteiger charge is 2.37. The number of amides is 2. The van der Waals surface area contributed by atoms with E-state index in [4.69, 9.17) is 14.7 Å². The van der Waals surface area contributed by atoms with Gasteiger partial charge in [0.05, 0.1) is 24.0 Å². The number of hydroxylamine groups is 2. The van der Waals surface area contributed by atoms with Gasteiger partial charge >= 0.3 is 6.03 Å². The van der Waals surface area contributed by atoms with Gasteiger partial charge in [0, 0.05) is 49.9 Å². The lowest BCUT2D eigenvalue weighted by Gasteiger charge is -2.20. The molecular weight excluding hydrogens is 544 g/mol. The summed E-state index contributed by atoms with van der Waals surface area (Å²) in [6.07, 6.45) is 4.76. The maximum atomic E-state index is 14.1. The highest BCUT2D eigenvalue weighted by atomic mass is 19.2. The van der Waals surface area contributed by atoms with Gasteiger partial charge in [-0.15, -0.1) is 0 Å². The number of fused-ring (bicyclic) bond motifs is 1. The summed E-state index contributed by atoms with van der Waals surface area (Å²) in [5.74, 6) is -1.46. The number of aromatic nitrogens is 4. The van der Waals surface area contributed by atoms with Crippen LogP contribution in [0.5, 0.6) is 0 Å². The summed E-state index contributed by atoms with van der Waals surface area (Å²) >= 11 is 0. The van der Waals surface area contributed by atoms with Crippen LogP contribution in [0, 0.1) is 18.6 Å². The van der Waals surface area contributed by atoms with Gasteiger partial charge in [-0.3, -0.25) is 10.2 Å². The van der Waals surface area contributed by atoms with E-state index < -0.39 is 29.8 Å². The van der Waals surface area contributed by atoms with Crippen molar-refractivity contribution in [2.75, 3.05) is 32.1 Å². The molecule has 3 aromatic heterocycles. The third-order valence-corrected chi connectivity index (χ3v) is 7.19. The van der Waals surface area contributed by atoms with Gasteiger partial charge in [0.2, 0.25) is 0 Å². The number of anilines is 1. The maximum Gasteiger partial charge on any atom is 0.320 e. The normalized spacial score (nSPS) is 17.1. The lowest BCUT2D eigenvalue weighted by molar-refractivity contribution is -0.154. The van der Waals surface area contributed by atoms with Crippen molar-refractivity contribution in [1.82, 2.24) is 29.5 Å². The molecule has 0 radical (unpaired) electrons. The SMILES string of the molecule is COCCN1C[C@@H](NC(=O)Nc2c(C)c(-c3ccn4ccnc4c3)nn2-c2ccccc2)[C@H](c2ccc(F)c(F)c2)O1. The topological polar surface area (TPSA) is 98.0 Å². The number of nitrogens with zero attached hydrogens (tertiary/aromatic N) is 5. The average molecular weight is 574 g/mol. The first-order valence-electron chi connectivity index (χ1n) is 13.4. The number of rotatable bonds is 8. The Hall–Kier alpha value is -4.65. The first-order chi connectivity index (χ1) is 20.4. The molecule has 1 aliphatic rings. The number of pyridine rings is 1. The van der Waals surface area contributed by atoms with Gasteiger partial charge in [-0.1, -0.05) is 24.3 Å². The Morgan fingerprint density at radius 3 is 2.71 bits per heavy atom. The standard InChI is InChI=1S/C30H29F2N7O3/c1-19-27(20-10-12-37-13-11-33-26(37)17-20)36-39(22-6-4-3-5-7-22)29(19)35-30(40)34-25-18-38(14-15-41-2)42-28(25)21-8-9-23(31)24(32)16-21/h3-13,16-17,25,28H,14-15,18H2,1-2H3,(H2,34,35,40)/t25-,28+/m1/s1. The van der Waals surface area contributed by atoms with E-state index in [0.29, 0.717) is 36.8 Å². The molecule has 6 rings (SSSR count). The van der Waals surface area contributed by atoms with Gasteiger partial charge in [0.15, 0.2) is 11.6 Å². The molecule has 4 heterocycles. The minimum absolute atomic E-state index is 0.312. The molecule has 12 heteroatoms. The Kier molecular flexibility index (Phi) is 7.66. The third kappa shape index (κ3) is 5.47. The van der Waals surface area contributed by atoms with E-state index in [1.807, 2.05) is 66.2 Å². The Balaban J connectivity index is 1.30. The largest absolute Gasteiger partial charge is 0.383 e. The predicted molar refractivity (Wildman–Crippen MR) is 152 cm³/mol. The number of para-hydroxylation sites is 1. The van der Waals surface area contributed by atoms with Crippen molar-refractivity contribution in [3.05, 3.63) is 102 Å². The zero-order valence-electron chi connectivity index (χ0n) is 23.0. The van der Waals surface area contributed by atoms with Crippen LogP contribution in [0.3, 0.4) is 0 Å². The number of imidazole rings is 1. The van der Waals surface area contributed by atoms with Crippen LogP contribution in [-0.2, 0) is 9.57 Å². The molecule has 0 spiro atoms. The molecule has 2 N–H and O–H groups in total. The van der Waals surface area contributed by atoms with Crippen molar-refractivity contribution in [2.24, 2.45) is 0 Å². The lowest BCUT2D eigenvalue weighted by atomic mass is 10.0. The zero-order chi connectivity index (χ0) is 29.2. The fourth-order valence-electron chi connectivity index (χ4n) is 5.08. The second kappa shape index (κ2) is 11.7. The maximum absolute atomic E-state index is 14.1. The number of benzene rings is 2. The Labute approximate surface area is 240 Å². The van der Waals surface area contributed by atoms with Crippen LogP contribution >= 0.6 is 0 Å². The molecule has 5 aromatic rings.